The largest absolute Gasteiger partial charge is 0.443 e. The number of ether oxygens (including phenoxy) is 1. The first-order valence-corrected chi connectivity index (χ1v) is 15.3. The fourth-order valence-electron chi connectivity index (χ4n) is 5.18. The lowest BCUT2D eigenvalue weighted by atomic mass is 9.92. The first-order chi connectivity index (χ1) is 22.5. The van der Waals surface area contributed by atoms with E-state index in [9.17, 15) is 9.59 Å². The number of hydrogen-bond donors (Lipinski definition) is 3. The molecule has 0 aliphatic carbocycles. The number of nitrogens with zero attached hydrogens (tertiary/aromatic N) is 1. The maximum absolute atomic E-state index is 13.3. The van der Waals surface area contributed by atoms with Crippen molar-refractivity contribution in [1.82, 2.24) is 5.32 Å². The standard InChI is InChI=1S/C39H38N4O3/c1-28-35(34(32-15-9-4-10-16-32)21-22-36(28)41-24-23-29-11-5-2-6-12-29)25-37(44)42-26-30-17-19-33(20-18-30)38(40)43-39(45)46-27-31-13-7-3-8-14-31/h2-22,41H,23-27H2,1H3,(H,42,44)(H2,40,43,45). The Bertz CT molecular complexity index is 1770. The molecule has 4 N–H and O–H groups in total. The van der Waals surface area contributed by atoms with Crippen molar-refractivity contribution in [3.63, 3.8) is 0 Å². The van der Waals surface area contributed by atoms with Crippen LogP contribution in [0.2, 0.25) is 0 Å². The maximum atomic E-state index is 13.3. The third-order valence-corrected chi connectivity index (χ3v) is 7.75. The normalized spacial score (nSPS) is 11.1. The van der Waals surface area contributed by atoms with Gasteiger partial charge in [0, 0.05) is 24.3 Å². The van der Waals surface area contributed by atoms with E-state index in [1.54, 1.807) is 12.1 Å². The second-order valence-corrected chi connectivity index (χ2v) is 11.0. The molecule has 0 saturated carbocycles. The molecule has 0 bridgehead atoms. The molecule has 2 amide bonds. The van der Waals surface area contributed by atoms with Crippen LogP contribution in [-0.2, 0) is 35.5 Å². The molecule has 5 aromatic carbocycles. The quantitative estimate of drug-likeness (QED) is 0.102. The lowest BCUT2D eigenvalue weighted by Gasteiger charge is -2.18. The number of benzene rings is 5. The molecule has 7 nitrogen and oxygen atoms in total. The molecule has 0 aromatic heterocycles. The molecule has 0 aliphatic rings. The zero-order chi connectivity index (χ0) is 32.1. The van der Waals surface area contributed by atoms with Crippen molar-refractivity contribution in [2.75, 3.05) is 11.9 Å². The van der Waals surface area contributed by atoms with Crippen LogP contribution in [0.1, 0.15) is 33.4 Å². The molecular formula is C39H38N4O3. The van der Waals surface area contributed by atoms with Gasteiger partial charge in [-0.3, -0.25) is 4.79 Å². The molecule has 0 heterocycles. The van der Waals surface area contributed by atoms with E-state index in [0.29, 0.717) is 12.1 Å². The Balaban J connectivity index is 1.20. The van der Waals surface area contributed by atoms with Gasteiger partial charge in [0.1, 0.15) is 12.4 Å². The number of carbonyl (C=O) groups excluding carboxylic acids is 2. The van der Waals surface area contributed by atoms with E-state index >= 15 is 0 Å². The number of rotatable bonds is 12. The Hall–Kier alpha value is -5.69. The highest BCUT2D eigenvalue weighted by molar-refractivity contribution is 6.02. The minimum absolute atomic E-state index is 0.0647. The smallest absolute Gasteiger partial charge is 0.435 e. The summed E-state index contributed by atoms with van der Waals surface area (Å²) in [6.07, 6.45) is 0.399. The number of carbonyl (C=O) groups is 2. The van der Waals surface area contributed by atoms with Crippen LogP contribution in [0.15, 0.2) is 132 Å². The number of hydrogen-bond acceptors (Lipinski definition) is 4. The summed E-state index contributed by atoms with van der Waals surface area (Å²) < 4.78 is 5.19. The number of amidine groups is 1. The second kappa shape index (κ2) is 15.9. The van der Waals surface area contributed by atoms with Crippen molar-refractivity contribution in [2.24, 2.45) is 10.7 Å². The van der Waals surface area contributed by atoms with E-state index < -0.39 is 6.09 Å². The summed E-state index contributed by atoms with van der Waals surface area (Å²) in [6, 6.07) is 41.3. The molecule has 232 valence electrons. The number of aliphatic imine (C=N–C) groups is 1. The van der Waals surface area contributed by atoms with Crippen LogP contribution in [0.25, 0.3) is 11.1 Å². The van der Waals surface area contributed by atoms with Crippen LogP contribution >= 0.6 is 0 Å². The van der Waals surface area contributed by atoms with Gasteiger partial charge in [0.15, 0.2) is 0 Å². The van der Waals surface area contributed by atoms with Crippen molar-refractivity contribution < 1.29 is 14.3 Å². The lowest BCUT2D eigenvalue weighted by Crippen LogP contribution is -2.25. The molecule has 0 spiro atoms. The third kappa shape index (κ3) is 8.92. The van der Waals surface area contributed by atoms with Crippen LogP contribution in [0, 0.1) is 6.92 Å². The summed E-state index contributed by atoms with van der Waals surface area (Å²) in [4.78, 5) is 29.2. The van der Waals surface area contributed by atoms with E-state index in [1.807, 2.05) is 66.7 Å². The molecule has 0 fully saturated rings. The fourth-order valence-corrected chi connectivity index (χ4v) is 5.18. The monoisotopic (exact) mass is 610 g/mol. The number of anilines is 1. The van der Waals surface area contributed by atoms with Crippen LogP contribution < -0.4 is 16.4 Å². The Morgan fingerprint density at radius 1 is 0.739 bits per heavy atom. The number of amides is 2. The van der Waals surface area contributed by atoms with Crippen molar-refractivity contribution in [3.8, 4) is 11.1 Å². The zero-order valence-corrected chi connectivity index (χ0v) is 25.9. The third-order valence-electron chi connectivity index (χ3n) is 7.75. The second-order valence-electron chi connectivity index (χ2n) is 11.0. The van der Waals surface area contributed by atoms with Crippen LogP contribution in [0.5, 0.6) is 0 Å². The fraction of sp³-hybridized carbons (Fsp3) is 0.154. The van der Waals surface area contributed by atoms with Crippen LogP contribution in [-0.4, -0.2) is 24.4 Å². The highest BCUT2D eigenvalue weighted by Gasteiger charge is 2.15. The number of nitrogens with one attached hydrogen (secondary N) is 2. The van der Waals surface area contributed by atoms with Crippen molar-refractivity contribution >= 4 is 23.5 Å². The molecule has 5 aromatic rings. The summed E-state index contributed by atoms with van der Waals surface area (Å²) in [5.41, 5.74) is 14.9. The summed E-state index contributed by atoms with van der Waals surface area (Å²) in [5.74, 6) is -0.0112. The highest BCUT2D eigenvalue weighted by Crippen LogP contribution is 2.31. The Morgan fingerprint density at radius 3 is 2.04 bits per heavy atom. The van der Waals surface area contributed by atoms with Gasteiger partial charge < -0.3 is 21.1 Å². The summed E-state index contributed by atoms with van der Waals surface area (Å²) in [6.45, 7) is 3.34. The molecule has 0 atom stereocenters. The zero-order valence-electron chi connectivity index (χ0n) is 25.9. The summed E-state index contributed by atoms with van der Waals surface area (Å²) in [5, 5.41) is 6.63. The molecule has 0 unspecified atom stereocenters. The topological polar surface area (TPSA) is 106 Å². The van der Waals surface area contributed by atoms with E-state index in [1.165, 1.54) is 5.56 Å². The van der Waals surface area contributed by atoms with Gasteiger partial charge in [-0.1, -0.05) is 121 Å². The van der Waals surface area contributed by atoms with Gasteiger partial charge in [0.2, 0.25) is 5.91 Å². The SMILES string of the molecule is Cc1c(NCCc2ccccc2)ccc(-c2ccccc2)c1CC(=O)NCc1ccc(/C(N)=N\C(=O)OCc2ccccc2)cc1. The molecule has 0 saturated heterocycles. The lowest BCUT2D eigenvalue weighted by molar-refractivity contribution is -0.120. The first kappa shape index (κ1) is 31.7. The Labute approximate surface area is 270 Å². The molecular weight excluding hydrogens is 572 g/mol. The Morgan fingerprint density at radius 2 is 1.37 bits per heavy atom. The summed E-state index contributed by atoms with van der Waals surface area (Å²) in [7, 11) is 0. The van der Waals surface area contributed by atoms with Gasteiger partial charge in [-0.25, -0.2) is 4.79 Å². The molecule has 0 radical (unpaired) electrons. The predicted molar refractivity (Wildman–Crippen MR) is 185 cm³/mol. The van der Waals surface area contributed by atoms with E-state index in [4.69, 9.17) is 10.5 Å². The molecule has 5 rings (SSSR count). The molecule has 0 aliphatic heterocycles. The first-order valence-electron chi connectivity index (χ1n) is 15.3. The van der Waals surface area contributed by atoms with Gasteiger partial charge in [-0.05, 0) is 58.4 Å². The summed E-state index contributed by atoms with van der Waals surface area (Å²) >= 11 is 0. The maximum Gasteiger partial charge on any atom is 0.435 e. The van der Waals surface area contributed by atoms with Gasteiger partial charge in [0.25, 0.3) is 0 Å². The average Bonchev–Trinajstić information content (AvgIpc) is 3.09. The minimum atomic E-state index is -0.752. The molecule has 46 heavy (non-hydrogen) atoms. The van der Waals surface area contributed by atoms with Crippen LogP contribution in [0.4, 0.5) is 10.5 Å². The van der Waals surface area contributed by atoms with Gasteiger partial charge >= 0.3 is 6.09 Å². The van der Waals surface area contributed by atoms with Gasteiger partial charge in [-0.2, -0.15) is 4.99 Å². The van der Waals surface area contributed by atoms with Crippen molar-refractivity contribution in [1.29, 1.82) is 0 Å². The molecule has 7 heteroatoms. The van der Waals surface area contributed by atoms with E-state index in [-0.39, 0.29) is 24.8 Å². The minimum Gasteiger partial charge on any atom is -0.443 e. The number of nitrogens with two attached hydrogens (primary N) is 1. The van der Waals surface area contributed by atoms with E-state index in [0.717, 1.165) is 52.0 Å². The van der Waals surface area contributed by atoms with Crippen molar-refractivity contribution in [2.45, 2.75) is 32.9 Å². The van der Waals surface area contributed by atoms with Crippen LogP contribution in [0.3, 0.4) is 0 Å². The Kier molecular flexibility index (Phi) is 10.9. The van der Waals surface area contributed by atoms with Gasteiger partial charge in [-0.15, -0.1) is 0 Å². The average molecular weight is 611 g/mol. The van der Waals surface area contributed by atoms with Crippen molar-refractivity contribution in [3.05, 3.63) is 161 Å². The van der Waals surface area contributed by atoms with E-state index in [2.05, 4.69) is 71.1 Å². The highest BCUT2D eigenvalue weighted by atomic mass is 16.5. The predicted octanol–water partition coefficient (Wildman–Crippen LogP) is 7.22. The van der Waals surface area contributed by atoms with Gasteiger partial charge in [0.05, 0.1) is 6.42 Å².